The fourth-order valence-electron chi connectivity index (χ4n) is 1.99. The van der Waals surface area contributed by atoms with E-state index < -0.39 is 0 Å². The summed E-state index contributed by atoms with van der Waals surface area (Å²) >= 11 is 0. The zero-order chi connectivity index (χ0) is 13.5. The molecular weight excluding hydrogens is 236 g/mol. The van der Waals surface area contributed by atoms with E-state index in [1.807, 2.05) is 24.5 Å². The Morgan fingerprint density at radius 3 is 2.42 bits per heavy atom. The maximum atomic E-state index is 5.16. The Morgan fingerprint density at radius 2 is 1.79 bits per heavy atom. The molecule has 1 aromatic heterocycles. The van der Waals surface area contributed by atoms with Crippen molar-refractivity contribution in [1.29, 1.82) is 0 Å². The molecule has 1 aromatic carbocycles. The first-order chi connectivity index (χ1) is 9.29. The second-order valence-corrected chi connectivity index (χ2v) is 4.55. The highest BCUT2D eigenvalue weighted by Gasteiger charge is 2.04. The van der Waals surface area contributed by atoms with E-state index in [0.717, 1.165) is 18.7 Å². The average molecular weight is 256 g/mol. The predicted molar refractivity (Wildman–Crippen MR) is 77.4 cm³/mol. The number of nitrogens with one attached hydrogen (secondary N) is 1. The molecule has 0 radical (unpaired) electrons. The van der Waals surface area contributed by atoms with Gasteiger partial charge in [0.25, 0.3) is 0 Å². The molecule has 0 fully saturated rings. The highest BCUT2D eigenvalue weighted by Crippen LogP contribution is 2.17. The number of pyridine rings is 1. The Kier molecular flexibility index (Phi) is 4.93. The summed E-state index contributed by atoms with van der Waals surface area (Å²) in [6, 6.07) is 12.6. The van der Waals surface area contributed by atoms with Gasteiger partial charge >= 0.3 is 0 Å². The molecule has 2 rings (SSSR count). The van der Waals surface area contributed by atoms with Crippen molar-refractivity contribution in [3.8, 4) is 5.75 Å². The molecule has 1 N–H and O–H groups in total. The number of methoxy groups -OCH3 is 1. The quantitative estimate of drug-likeness (QED) is 0.862. The van der Waals surface area contributed by atoms with Crippen LogP contribution in [0.2, 0.25) is 0 Å². The van der Waals surface area contributed by atoms with Crippen LogP contribution in [-0.4, -0.2) is 18.6 Å². The summed E-state index contributed by atoms with van der Waals surface area (Å²) in [6.45, 7) is 3.13. The van der Waals surface area contributed by atoms with Gasteiger partial charge in [0.1, 0.15) is 5.75 Å². The van der Waals surface area contributed by atoms with E-state index in [9.17, 15) is 0 Å². The van der Waals surface area contributed by atoms with E-state index in [0.29, 0.717) is 6.04 Å². The standard InChI is InChI=1S/C16H20N2O/c1-13(15-3-5-16(19-2)6-4-15)18-12-9-14-7-10-17-11-8-14/h3-8,10-11,13,18H,9,12H2,1-2H3. The Bertz CT molecular complexity index is 482. The van der Waals surface area contributed by atoms with Gasteiger partial charge in [0.15, 0.2) is 0 Å². The van der Waals surface area contributed by atoms with Crippen LogP contribution >= 0.6 is 0 Å². The first-order valence-electron chi connectivity index (χ1n) is 6.56. The van der Waals surface area contributed by atoms with E-state index >= 15 is 0 Å². The lowest BCUT2D eigenvalue weighted by atomic mass is 10.1. The summed E-state index contributed by atoms with van der Waals surface area (Å²) in [5.41, 5.74) is 2.58. The van der Waals surface area contributed by atoms with Crippen molar-refractivity contribution in [2.24, 2.45) is 0 Å². The van der Waals surface area contributed by atoms with Crippen molar-refractivity contribution in [2.75, 3.05) is 13.7 Å². The molecule has 0 saturated heterocycles. The normalized spacial score (nSPS) is 12.1. The number of benzene rings is 1. The number of ether oxygens (including phenoxy) is 1. The molecule has 0 aliphatic rings. The third-order valence-corrected chi connectivity index (χ3v) is 3.23. The number of rotatable bonds is 6. The van der Waals surface area contributed by atoms with Gasteiger partial charge in [-0.25, -0.2) is 0 Å². The Hall–Kier alpha value is -1.87. The molecule has 3 heteroatoms. The molecule has 3 nitrogen and oxygen atoms in total. The topological polar surface area (TPSA) is 34.1 Å². The third kappa shape index (κ3) is 4.07. The fourth-order valence-corrected chi connectivity index (χ4v) is 1.99. The van der Waals surface area contributed by atoms with Gasteiger partial charge < -0.3 is 10.1 Å². The van der Waals surface area contributed by atoms with Crippen LogP contribution in [-0.2, 0) is 6.42 Å². The van der Waals surface area contributed by atoms with Crippen LogP contribution in [0.25, 0.3) is 0 Å². The first-order valence-corrected chi connectivity index (χ1v) is 6.56. The summed E-state index contributed by atoms with van der Waals surface area (Å²) < 4.78 is 5.16. The second kappa shape index (κ2) is 6.90. The minimum absolute atomic E-state index is 0.341. The van der Waals surface area contributed by atoms with Crippen LogP contribution in [0.3, 0.4) is 0 Å². The molecule has 19 heavy (non-hydrogen) atoms. The Morgan fingerprint density at radius 1 is 1.11 bits per heavy atom. The predicted octanol–water partition coefficient (Wildman–Crippen LogP) is 2.98. The van der Waals surface area contributed by atoms with Gasteiger partial charge in [0, 0.05) is 18.4 Å². The third-order valence-electron chi connectivity index (χ3n) is 3.23. The monoisotopic (exact) mass is 256 g/mol. The van der Waals surface area contributed by atoms with E-state index in [2.05, 4.69) is 41.5 Å². The van der Waals surface area contributed by atoms with E-state index in [1.54, 1.807) is 7.11 Å². The zero-order valence-electron chi connectivity index (χ0n) is 11.5. The molecule has 0 aliphatic heterocycles. The summed E-state index contributed by atoms with van der Waals surface area (Å²) in [6.07, 6.45) is 4.69. The first kappa shape index (κ1) is 13.6. The Balaban J connectivity index is 1.82. The lowest BCUT2D eigenvalue weighted by Crippen LogP contribution is -2.21. The SMILES string of the molecule is COc1ccc(C(C)NCCc2ccncc2)cc1. The van der Waals surface area contributed by atoms with Crippen molar-refractivity contribution in [2.45, 2.75) is 19.4 Å². The van der Waals surface area contributed by atoms with E-state index in [4.69, 9.17) is 4.74 Å². The lowest BCUT2D eigenvalue weighted by molar-refractivity contribution is 0.414. The molecule has 0 saturated carbocycles. The van der Waals surface area contributed by atoms with Crippen LogP contribution in [0.15, 0.2) is 48.8 Å². The van der Waals surface area contributed by atoms with Gasteiger partial charge in [0.2, 0.25) is 0 Å². The van der Waals surface area contributed by atoms with Gasteiger partial charge in [-0.2, -0.15) is 0 Å². The number of nitrogens with zero attached hydrogens (tertiary/aromatic N) is 1. The maximum absolute atomic E-state index is 5.16. The van der Waals surface area contributed by atoms with Crippen molar-refractivity contribution >= 4 is 0 Å². The molecule has 0 aliphatic carbocycles. The molecule has 0 bridgehead atoms. The van der Waals surface area contributed by atoms with Gasteiger partial charge in [-0.15, -0.1) is 0 Å². The molecule has 1 atom stereocenters. The average Bonchev–Trinajstić information content (AvgIpc) is 2.48. The number of aromatic nitrogens is 1. The molecule has 0 spiro atoms. The van der Waals surface area contributed by atoms with Crippen LogP contribution < -0.4 is 10.1 Å². The maximum Gasteiger partial charge on any atom is 0.118 e. The largest absolute Gasteiger partial charge is 0.497 e. The summed E-state index contributed by atoms with van der Waals surface area (Å²) in [7, 11) is 1.69. The minimum Gasteiger partial charge on any atom is -0.497 e. The van der Waals surface area contributed by atoms with Gasteiger partial charge in [-0.1, -0.05) is 12.1 Å². The van der Waals surface area contributed by atoms with Gasteiger partial charge in [-0.05, 0) is 55.3 Å². The summed E-state index contributed by atoms with van der Waals surface area (Å²) in [4.78, 5) is 4.02. The fraction of sp³-hybridized carbons (Fsp3) is 0.312. The van der Waals surface area contributed by atoms with Gasteiger partial charge in [-0.3, -0.25) is 4.98 Å². The second-order valence-electron chi connectivity index (χ2n) is 4.55. The highest BCUT2D eigenvalue weighted by molar-refractivity contribution is 5.28. The van der Waals surface area contributed by atoms with Crippen molar-refractivity contribution in [1.82, 2.24) is 10.3 Å². The van der Waals surface area contributed by atoms with Crippen molar-refractivity contribution in [3.63, 3.8) is 0 Å². The summed E-state index contributed by atoms with van der Waals surface area (Å²) in [5.74, 6) is 0.896. The van der Waals surface area contributed by atoms with E-state index in [-0.39, 0.29) is 0 Å². The number of hydrogen-bond acceptors (Lipinski definition) is 3. The number of hydrogen-bond donors (Lipinski definition) is 1. The van der Waals surface area contributed by atoms with Crippen molar-refractivity contribution in [3.05, 3.63) is 59.9 Å². The lowest BCUT2D eigenvalue weighted by Gasteiger charge is -2.14. The Labute approximate surface area is 114 Å². The van der Waals surface area contributed by atoms with Crippen LogP contribution in [0.4, 0.5) is 0 Å². The van der Waals surface area contributed by atoms with Crippen LogP contribution in [0.5, 0.6) is 5.75 Å². The van der Waals surface area contributed by atoms with Crippen molar-refractivity contribution < 1.29 is 4.74 Å². The van der Waals surface area contributed by atoms with Crippen LogP contribution in [0, 0.1) is 0 Å². The highest BCUT2D eigenvalue weighted by atomic mass is 16.5. The molecule has 100 valence electrons. The van der Waals surface area contributed by atoms with Crippen LogP contribution in [0.1, 0.15) is 24.1 Å². The smallest absolute Gasteiger partial charge is 0.118 e. The minimum atomic E-state index is 0.341. The molecule has 0 amide bonds. The van der Waals surface area contributed by atoms with E-state index in [1.165, 1.54) is 11.1 Å². The molecule has 1 unspecified atom stereocenters. The zero-order valence-corrected chi connectivity index (χ0v) is 11.5. The van der Waals surface area contributed by atoms with Gasteiger partial charge in [0.05, 0.1) is 7.11 Å². The summed E-state index contributed by atoms with van der Waals surface area (Å²) in [5, 5.41) is 3.52. The molecular formula is C16H20N2O. The molecule has 2 aromatic rings. The molecule has 1 heterocycles.